The molecular weight excluding hydrogens is 635 g/mol. The first-order valence-electron chi connectivity index (χ1n) is 12.0. The van der Waals surface area contributed by atoms with Crippen LogP contribution in [0.3, 0.4) is 0 Å². The average molecular weight is 660 g/mol. The number of halogens is 3. The Morgan fingerprint density at radius 1 is 1.18 bits per heavy atom. The maximum absolute atomic E-state index is 13.5. The molecule has 0 fully saturated rings. The number of carbonyl (C=O) groups excluding carboxylic acids is 1. The van der Waals surface area contributed by atoms with Crippen LogP contribution in [0.15, 0.2) is 73.4 Å². The summed E-state index contributed by atoms with van der Waals surface area (Å²) in [5.74, 6) is 0.111. The van der Waals surface area contributed by atoms with Crippen LogP contribution in [-0.4, -0.2) is 35.5 Å². The summed E-state index contributed by atoms with van der Waals surface area (Å²) in [4.78, 5) is 30.7. The van der Waals surface area contributed by atoms with E-state index in [0.717, 1.165) is 10.9 Å². The van der Waals surface area contributed by atoms with Gasteiger partial charge in [0, 0.05) is 26.1 Å². The van der Waals surface area contributed by atoms with Crippen molar-refractivity contribution in [3.8, 4) is 11.5 Å². The lowest BCUT2D eigenvalue weighted by Crippen LogP contribution is -2.24. The van der Waals surface area contributed by atoms with Crippen LogP contribution in [0.1, 0.15) is 37.6 Å². The number of nitrogens with one attached hydrogen (secondary N) is 1. The molecule has 0 aliphatic carbocycles. The SMILES string of the molecule is CC[C@@H](C)c1nc2ccc(Br)cc2c(=O)n1N=Cc1cc(Br)cc(OC)c1OCC(=O)Nc1cccc(F)c1. The Balaban J connectivity index is 1.71. The molecule has 1 heterocycles. The molecule has 39 heavy (non-hydrogen) atoms. The van der Waals surface area contributed by atoms with Gasteiger partial charge in [-0.05, 0) is 55.0 Å². The molecular formula is C28H25Br2FN4O4. The highest BCUT2D eigenvalue weighted by Crippen LogP contribution is 2.34. The van der Waals surface area contributed by atoms with E-state index in [1.165, 1.54) is 36.2 Å². The minimum Gasteiger partial charge on any atom is -0.493 e. The predicted octanol–water partition coefficient (Wildman–Crippen LogP) is 6.48. The molecule has 0 unspecified atom stereocenters. The quantitative estimate of drug-likeness (QED) is 0.208. The van der Waals surface area contributed by atoms with Gasteiger partial charge in [0.15, 0.2) is 18.1 Å². The number of nitrogens with zero attached hydrogens (tertiary/aromatic N) is 3. The van der Waals surface area contributed by atoms with Gasteiger partial charge in [-0.3, -0.25) is 9.59 Å². The van der Waals surface area contributed by atoms with Gasteiger partial charge < -0.3 is 14.8 Å². The molecule has 1 aromatic heterocycles. The highest BCUT2D eigenvalue weighted by atomic mass is 79.9. The monoisotopic (exact) mass is 658 g/mol. The number of carbonyl (C=O) groups is 1. The minimum atomic E-state index is -0.493. The summed E-state index contributed by atoms with van der Waals surface area (Å²) < 4.78 is 27.5. The van der Waals surface area contributed by atoms with Crippen molar-refractivity contribution in [2.45, 2.75) is 26.2 Å². The number of ether oxygens (including phenoxy) is 2. The van der Waals surface area contributed by atoms with Crippen molar-refractivity contribution in [2.24, 2.45) is 5.10 Å². The van der Waals surface area contributed by atoms with E-state index in [1.807, 2.05) is 19.9 Å². The third kappa shape index (κ3) is 6.72. The molecule has 3 aromatic carbocycles. The number of methoxy groups -OCH3 is 1. The van der Waals surface area contributed by atoms with E-state index in [1.54, 1.807) is 30.3 Å². The van der Waals surface area contributed by atoms with E-state index in [0.29, 0.717) is 38.2 Å². The fourth-order valence-corrected chi connectivity index (χ4v) is 4.61. The van der Waals surface area contributed by atoms with Crippen LogP contribution in [0.25, 0.3) is 10.9 Å². The topological polar surface area (TPSA) is 94.8 Å². The first-order chi connectivity index (χ1) is 18.7. The Hall–Kier alpha value is -3.57. The Bertz CT molecular complexity index is 1620. The summed E-state index contributed by atoms with van der Waals surface area (Å²) in [5, 5.41) is 7.52. The molecule has 1 amide bonds. The van der Waals surface area contributed by atoms with E-state index in [9.17, 15) is 14.0 Å². The second kappa shape index (κ2) is 12.5. The molecule has 11 heteroatoms. The van der Waals surface area contributed by atoms with Crippen molar-refractivity contribution in [3.63, 3.8) is 0 Å². The van der Waals surface area contributed by atoms with E-state index in [2.05, 4.69) is 42.3 Å². The number of aromatic nitrogens is 2. The zero-order valence-corrected chi connectivity index (χ0v) is 24.5. The van der Waals surface area contributed by atoms with Gasteiger partial charge in [-0.25, -0.2) is 9.37 Å². The summed E-state index contributed by atoms with van der Waals surface area (Å²) >= 11 is 6.86. The molecule has 202 valence electrons. The Morgan fingerprint density at radius 3 is 2.69 bits per heavy atom. The zero-order chi connectivity index (χ0) is 28.1. The lowest BCUT2D eigenvalue weighted by molar-refractivity contribution is -0.118. The number of rotatable bonds is 9. The summed E-state index contributed by atoms with van der Waals surface area (Å²) in [6.07, 6.45) is 2.22. The standard InChI is InChI=1S/C28H25Br2FN4O4/c1-4-16(2)27-34-23-9-8-18(29)11-22(23)28(37)35(27)32-14-17-10-19(30)12-24(38-3)26(17)39-15-25(36)33-21-7-5-6-20(31)13-21/h5-14,16H,4,15H2,1-3H3,(H,33,36)/t16-/m1/s1. The maximum Gasteiger partial charge on any atom is 0.282 e. The number of amides is 1. The number of fused-ring (bicyclic) bond motifs is 1. The number of anilines is 1. The van der Waals surface area contributed by atoms with Crippen molar-refractivity contribution < 1.29 is 18.7 Å². The maximum atomic E-state index is 13.5. The van der Waals surface area contributed by atoms with Crippen LogP contribution in [0.2, 0.25) is 0 Å². The van der Waals surface area contributed by atoms with Crippen LogP contribution in [0, 0.1) is 5.82 Å². The highest BCUT2D eigenvalue weighted by molar-refractivity contribution is 9.10. The van der Waals surface area contributed by atoms with E-state index >= 15 is 0 Å². The lowest BCUT2D eigenvalue weighted by atomic mass is 10.1. The summed E-state index contributed by atoms with van der Waals surface area (Å²) in [5.41, 5.74) is 1.03. The van der Waals surface area contributed by atoms with Crippen LogP contribution in [-0.2, 0) is 4.79 Å². The van der Waals surface area contributed by atoms with Crippen molar-refractivity contribution >= 4 is 60.6 Å². The first-order valence-corrected chi connectivity index (χ1v) is 13.6. The van der Waals surface area contributed by atoms with Crippen LogP contribution in [0.5, 0.6) is 11.5 Å². The van der Waals surface area contributed by atoms with Crippen LogP contribution in [0.4, 0.5) is 10.1 Å². The Labute approximate surface area is 241 Å². The molecule has 0 saturated carbocycles. The van der Waals surface area contributed by atoms with Gasteiger partial charge in [0.25, 0.3) is 11.5 Å². The number of hydrogen-bond acceptors (Lipinski definition) is 6. The molecule has 4 aromatic rings. The molecule has 0 aliphatic heterocycles. The van der Waals surface area contributed by atoms with Crippen molar-refractivity contribution in [1.29, 1.82) is 0 Å². The predicted molar refractivity (Wildman–Crippen MR) is 157 cm³/mol. The molecule has 0 bridgehead atoms. The van der Waals surface area contributed by atoms with E-state index < -0.39 is 11.7 Å². The Kier molecular flexibility index (Phi) is 9.13. The molecule has 1 atom stereocenters. The molecule has 0 aliphatic rings. The van der Waals surface area contributed by atoms with Crippen molar-refractivity contribution in [1.82, 2.24) is 9.66 Å². The molecule has 1 N–H and O–H groups in total. The first kappa shape index (κ1) is 28.4. The molecule has 0 spiro atoms. The fourth-order valence-electron chi connectivity index (χ4n) is 3.79. The second-order valence-electron chi connectivity index (χ2n) is 8.68. The van der Waals surface area contributed by atoms with E-state index in [-0.39, 0.29) is 23.8 Å². The molecule has 0 radical (unpaired) electrons. The average Bonchev–Trinajstić information content (AvgIpc) is 2.91. The van der Waals surface area contributed by atoms with Crippen molar-refractivity contribution in [3.05, 3.63) is 91.1 Å². The van der Waals surface area contributed by atoms with E-state index in [4.69, 9.17) is 14.5 Å². The fraction of sp³-hybridized carbons (Fsp3) is 0.214. The third-order valence-corrected chi connectivity index (χ3v) is 6.87. The Morgan fingerprint density at radius 2 is 1.97 bits per heavy atom. The number of hydrogen-bond donors (Lipinski definition) is 1. The molecule has 0 saturated heterocycles. The zero-order valence-electron chi connectivity index (χ0n) is 21.4. The smallest absolute Gasteiger partial charge is 0.282 e. The van der Waals surface area contributed by atoms with Gasteiger partial charge in [-0.2, -0.15) is 9.78 Å². The van der Waals surface area contributed by atoms with Crippen LogP contribution < -0.4 is 20.3 Å². The highest BCUT2D eigenvalue weighted by Gasteiger charge is 2.17. The third-order valence-electron chi connectivity index (χ3n) is 5.92. The molecule has 4 rings (SSSR count). The minimum absolute atomic E-state index is 0.0396. The lowest BCUT2D eigenvalue weighted by Gasteiger charge is -2.15. The van der Waals surface area contributed by atoms with Gasteiger partial charge >= 0.3 is 0 Å². The van der Waals surface area contributed by atoms with Gasteiger partial charge in [0.2, 0.25) is 0 Å². The van der Waals surface area contributed by atoms with Gasteiger partial charge in [-0.15, -0.1) is 0 Å². The van der Waals surface area contributed by atoms with Crippen LogP contribution >= 0.6 is 31.9 Å². The van der Waals surface area contributed by atoms with Gasteiger partial charge in [0.1, 0.15) is 11.6 Å². The van der Waals surface area contributed by atoms with Gasteiger partial charge in [-0.1, -0.05) is 51.8 Å². The molecule has 8 nitrogen and oxygen atoms in total. The largest absolute Gasteiger partial charge is 0.493 e. The summed E-state index contributed by atoms with van der Waals surface area (Å²) in [6, 6.07) is 14.3. The summed E-state index contributed by atoms with van der Waals surface area (Å²) in [7, 11) is 1.47. The van der Waals surface area contributed by atoms with Gasteiger partial charge in [0.05, 0.1) is 24.2 Å². The van der Waals surface area contributed by atoms with Crippen molar-refractivity contribution in [2.75, 3.05) is 19.0 Å². The second-order valence-corrected chi connectivity index (χ2v) is 10.5. The normalized spacial score (nSPS) is 12.1. The summed E-state index contributed by atoms with van der Waals surface area (Å²) in [6.45, 7) is 3.61. The number of benzene rings is 3.